The Labute approximate surface area is 98.4 Å². The van der Waals surface area contributed by atoms with Crippen LogP contribution in [0.25, 0.3) is 0 Å². The zero-order chi connectivity index (χ0) is 11.0. The Hall–Kier alpha value is -0.540. The number of rotatable bonds is 1. The average Bonchev–Trinajstić information content (AvgIpc) is 2.23. The van der Waals surface area contributed by atoms with Crippen LogP contribution in [0.15, 0.2) is 16.6 Å². The van der Waals surface area contributed by atoms with Crippen LogP contribution >= 0.6 is 15.9 Å². The minimum Gasteiger partial charge on any atom is -0.497 e. The fraction of sp³-hybridized carbons (Fsp3) is 0.500. The highest BCUT2D eigenvalue weighted by atomic mass is 79.9. The largest absolute Gasteiger partial charge is 0.497 e. The van der Waals surface area contributed by atoms with Gasteiger partial charge in [-0.15, -0.1) is 0 Å². The van der Waals surface area contributed by atoms with Gasteiger partial charge in [0.15, 0.2) is 0 Å². The summed E-state index contributed by atoms with van der Waals surface area (Å²) in [4.78, 5) is 0. The maximum atomic E-state index is 9.95. The van der Waals surface area contributed by atoms with E-state index in [4.69, 9.17) is 4.74 Å². The molecule has 1 aliphatic rings. The van der Waals surface area contributed by atoms with Gasteiger partial charge in [-0.2, -0.15) is 0 Å². The monoisotopic (exact) mass is 270 g/mol. The van der Waals surface area contributed by atoms with Crippen LogP contribution in [-0.2, 0) is 0 Å². The minimum absolute atomic E-state index is 0.345. The summed E-state index contributed by atoms with van der Waals surface area (Å²) in [7, 11) is 1.65. The number of ether oxygens (including phenoxy) is 1. The lowest BCUT2D eigenvalue weighted by atomic mass is 9.82. The van der Waals surface area contributed by atoms with Crippen LogP contribution in [0.3, 0.4) is 0 Å². The molecule has 15 heavy (non-hydrogen) atoms. The van der Waals surface area contributed by atoms with Gasteiger partial charge in [0.2, 0.25) is 0 Å². The van der Waals surface area contributed by atoms with Crippen LogP contribution in [0, 0.1) is 0 Å². The standard InChI is InChI=1S/C12H15BrO2/c1-7-3-4-11(14)9-5-8(15-2)6-10(13)12(7)9/h5-7,11,14H,3-4H2,1-2H3. The van der Waals surface area contributed by atoms with Crippen molar-refractivity contribution in [2.45, 2.75) is 31.8 Å². The molecule has 1 N–H and O–H groups in total. The molecule has 82 valence electrons. The molecule has 0 heterocycles. The van der Waals surface area contributed by atoms with Crippen molar-refractivity contribution in [3.63, 3.8) is 0 Å². The van der Waals surface area contributed by atoms with E-state index < -0.39 is 0 Å². The number of aliphatic hydroxyl groups is 1. The lowest BCUT2D eigenvalue weighted by molar-refractivity contribution is 0.151. The molecule has 1 aromatic carbocycles. The van der Waals surface area contributed by atoms with Crippen LogP contribution in [-0.4, -0.2) is 12.2 Å². The van der Waals surface area contributed by atoms with Gasteiger partial charge in [0.25, 0.3) is 0 Å². The quantitative estimate of drug-likeness (QED) is 0.848. The van der Waals surface area contributed by atoms with E-state index in [1.165, 1.54) is 5.56 Å². The van der Waals surface area contributed by atoms with Gasteiger partial charge in [0, 0.05) is 4.47 Å². The molecule has 0 aliphatic heterocycles. The highest BCUT2D eigenvalue weighted by molar-refractivity contribution is 9.10. The molecule has 3 heteroatoms. The number of benzene rings is 1. The molecule has 0 saturated heterocycles. The van der Waals surface area contributed by atoms with Crippen molar-refractivity contribution in [2.75, 3.05) is 7.11 Å². The summed E-state index contributed by atoms with van der Waals surface area (Å²) in [6, 6.07) is 3.91. The summed E-state index contributed by atoms with van der Waals surface area (Å²) < 4.78 is 6.25. The maximum absolute atomic E-state index is 9.95. The van der Waals surface area contributed by atoms with Gasteiger partial charge in [-0.25, -0.2) is 0 Å². The predicted molar refractivity (Wildman–Crippen MR) is 63.3 cm³/mol. The molecule has 2 atom stereocenters. The first-order valence-corrected chi connectivity index (χ1v) is 5.98. The van der Waals surface area contributed by atoms with E-state index in [1.807, 2.05) is 12.1 Å². The molecule has 0 aromatic heterocycles. The topological polar surface area (TPSA) is 29.5 Å². The zero-order valence-electron chi connectivity index (χ0n) is 8.96. The average molecular weight is 271 g/mol. The Kier molecular flexibility index (Phi) is 3.03. The van der Waals surface area contributed by atoms with E-state index in [0.717, 1.165) is 28.6 Å². The highest BCUT2D eigenvalue weighted by Gasteiger charge is 2.25. The van der Waals surface area contributed by atoms with Gasteiger partial charge >= 0.3 is 0 Å². The fourth-order valence-electron chi connectivity index (χ4n) is 2.23. The minimum atomic E-state index is -0.345. The first kappa shape index (κ1) is 11.0. The van der Waals surface area contributed by atoms with Crippen LogP contribution in [0.2, 0.25) is 0 Å². The van der Waals surface area contributed by atoms with Gasteiger partial charge in [-0.05, 0) is 42.0 Å². The number of aliphatic hydroxyl groups excluding tert-OH is 1. The van der Waals surface area contributed by atoms with Crippen molar-refractivity contribution in [3.8, 4) is 5.75 Å². The Morgan fingerprint density at radius 2 is 2.13 bits per heavy atom. The summed E-state index contributed by atoms with van der Waals surface area (Å²) >= 11 is 3.55. The highest BCUT2D eigenvalue weighted by Crippen LogP contribution is 2.42. The lowest BCUT2D eigenvalue weighted by Gasteiger charge is -2.28. The van der Waals surface area contributed by atoms with Gasteiger partial charge < -0.3 is 9.84 Å². The van der Waals surface area contributed by atoms with E-state index in [1.54, 1.807) is 7.11 Å². The summed E-state index contributed by atoms with van der Waals surface area (Å²) in [5.74, 6) is 1.30. The zero-order valence-corrected chi connectivity index (χ0v) is 10.5. The first-order valence-electron chi connectivity index (χ1n) is 5.19. The Balaban J connectivity index is 2.56. The normalized spacial score (nSPS) is 24.8. The van der Waals surface area contributed by atoms with Crippen molar-refractivity contribution in [1.29, 1.82) is 0 Å². The van der Waals surface area contributed by atoms with Gasteiger partial charge in [0.1, 0.15) is 5.75 Å². The van der Waals surface area contributed by atoms with Crippen molar-refractivity contribution in [1.82, 2.24) is 0 Å². The second kappa shape index (κ2) is 4.14. The van der Waals surface area contributed by atoms with Crippen molar-refractivity contribution >= 4 is 15.9 Å². The SMILES string of the molecule is COc1cc(Br)c2c(c1)C(O)CCC2C. The number of methoxy groups -OCH3 is 1. The molecule has 2 rings (SSSR count). The van der Waals surface area contributed by atoms with E-state index in [-0.39, 0.29) is 6.10 Å². The first-order chi connectivity index (χ1) is 7.13. The molecular formula is C12H15BrO2. The van der Waals surface area contributed by atoms with Gasteiger partial charge in [-0.3, -0.25) is 0 Å². The molecule has 0 amide bonds. The maximum Gasteiger partial charge on any atom is 0.120 e. The van der Waals surface area contributed by atoms with E-state index >= 15 is 0 Å². The molecule has 1 aromatic rings. The Bertz CT molecular complexity index is 376. The summed E-state index contributed by atoms with van der Waals surface area (Å²) in [6.45, 7) is 2.20. The van der Waals surface area contributed by atoms with Crippen LogP contribution < -0.4 is 4.74 Å². The summed E-state index contributed by atoms with van der Waals surface area (Å²) in [5.41, 5.74) is 2.24. The molecule has 2 unspecified atom stereocenters. The Morgan fingerprint density at radius 3 is 2.80 bits per heavy atom. The fourth-order valence-corrected chi connectivity index (χ4v) is 3.08. The van der Waals surface area contributed by atoms with Gasteiger partial charge in [0.05, 0.1) is 13.2 Å². The molecule has 0 fully saturated rings. The third-order valence-corrected chi connectivity index (χ3v) is 3.75. The van der Waals surface area contributed by atoms with Gasteiger partial charge in [-0.1, -0.05) is 22.9 Å². The number of halogens is 1. The van der Waals surface area contributed by atoms with Crippen molar-refractivity contribution in [2.24, 2.45) is 0 Å². The summed E-state index contributed by atoms with van der Waals surface area (Å²) in [5, 5.41) is 9.95. The van der Waals surface area contributed by atoms with E-state index in [0.29, 0.717) is 5.92 Å². The van der Waals surface area contributed by atoms with E-state index in [9.17, 15) is 5.11 Å². The predicted octanol–water partition coefficient (Wildman–Crippen LogP) is 3.39. The summed E-state index contributed by atoms with van der Waals surface area (Å²) in [6.07, 6.45) is 1.54. The molecule has 0 bridgehead atoms. The van der Waals surface area contributed by atoms with Crippen LogP contribution in [0.1, 0.15) is 42.9 Å². The number of hydrogen-bond donors (Lipinski definition) is 1. The van der Waals surface area contributed by atoms with E-state index in [2.05, 4.69) is 22.9 Å². The Morgan fingerprint density at radius 1 is 1.40 bits per heavy atom. The molecule has 0 spiro atoms. The number of hydrogen-bond acceptors (Lipinski definition) is 2. The lowest BCUT2D eigenvalue weighted by Crippen LogP contribution is -2.13. The molecule has 1 aliphatic carbocycles. The number of fused-ring (bicyclic) bond motifs is 1. The molecular weight excluding hydrogens is 256 g/mol. The smallest absolute Gasteiger partial charge is 0.120 e. The third kappa shape index (κ3) is 1.91. The van der Waals surface area contributed by atoms with Crippen LogP contribution in [0.4, 0.5) is 0 Å². The van der Waals surface area contributed by atoms with Crippen LogP contribution in [0.5, 0.6) is 5.75 Å². The molecule has 0 saturated carbocycles. The second-order valence-corrected chi connectivity index (χ2v) is 4.96. The molecule has 0 radical (unpaired) electrons. The van der Waals surface area contributed by atoms with Crippen molar-refractivity contribution in [3.05, 3.63) is 27.7 Å². The van der Waals surface area contributed by atoms with Crippen molar-refractivity contribution < 1.29 is 9.84 Å². The second-order valence-electron chi connectivity index (χ2n) is 4.11. The third-order valence-electron chi connectivity index (χ3n) is 3.10. The molecule has 2 nitrogen and oxygen atoms in total.